The maximum atomic E-state index is 12.1. The van der Waals surface area contributed by atoms with Crippen molar-refractivity contribution in [2.75, 3.05) is 0 Å². The number of aryl methyl sites for hydroxylation is 3. The average molecular weight is 252 g/mol. The molecule has 0 aliphatic carbocycles. The number of ketones is 1. The molecule has 0 aliphatic rings. The van der Waals surface area contributed by atoms with Gasteiger partial charge >= 0.3 is 0 Å². The smallest absolute Gasteiger partial charge is 0.163 e. The molecule has 98 valence electrons. The third-order valence-electron chi connectivity index (χ3n) is 3.57. The Morgan fingerprint density at radius 1 is 1.00 bits per heavy atom. The summed E-state index contributed by atoms with van der Waals surface area (Å²) in [5.74, 6) is 0.228. The lowest BCUT2D eigenvalue weighted by Gasteiger charge is -2.05. The van der Waals surface area contributed by atoms with E-state index in [1.165, 1.54) is 16.7 Å². The molecule has 0 amide bonds. The van der Waals surface area contributed by atoms with Gasteiger partial charge in [0, 0.05) is 12.0 Å². The molecule has 1 heteroatoms. The van der Waals surface area contributed by atoms with Crippen LogP contribution in [0.15, 0.2) is 48.5 Å². The van der Waals surface area contributed by atoms with E-state index in [9.17, 15) is 4.79 Å². The van der Waals surface area contributed by atoms with Gasteiger partial charge < -0.3 is 0 Å². The van der Waals surface area contributed by atoms with E-state index in [1.807, 2.05) is 36.4 Å². The SMILES string of the molecule is CCc1ccc(C(=O)CCc2ccccc2C)cc1. The molecule has 0 N–H and O–H groups in total. The molecule has 0 spiro atoms. The molecule has 0 aliphatic heterocycles. The van der Waals surface area contributed by atoms with E-state index in [0.29, 0.717) is 6.42 Å². The lowest BCUT2D eigenvalue weighted by molar-refractivity contribution is 0.0983. The minimum Gasteiger partial charge on any atom is -0.294 e. The molecule has 0 unspecified atom stereocenters. The number of benzene rings is 2. The first-order valence-electron chi connectivity index (χ1n) is 6.87. The van der Waals surface area contributed by atoms with Gasteiger partial charge in [-0.1, -0.05) is 55.5 Å². The predicted octanol–water partition coefficient (Wildman–Crippen LogP) is 4.37. The first-order valence-corrected chi connectivity index (χ1v) is 6.87. The fraction of sp³-hybridized carbons (Fsp3) is 0.278. The highest BCUT2D eigenvalue weighted by atomic mass is 16.1. The van der Waals surface area contributed by atoms with Crippen LogP contribution in [0.2, 0.25) is 0 Å². The molecule has 2 rings (SSSR count). The second-order valence-electron chi connectivity index (χ2n) is 4.90. The van der Waals surface area contributed by atoms with Crippen LogP contribution in [0.3, 0.4) is 0 Å². The summed E-state index contributed by atoms with van der Waals surface area (Å²) in [5.41, 5.74) is 4.62. The molecule has 0 saturated carbocycles. The summed E-state index contributed by atoms with van der Waals surface area (Å²) in [6.45, 7) is 4.21. The van der Waals surface area contributed by atoms with Crippen LogP contribution >= 0.6 is 0 Å². The van der Waals surface area contributed by atoms with Crippen molar-refractivity contribution in [2.45, 2.75) is 33.1 Å². The Morgan fingerprint density at radius 2 is 1.68 bits per heavy atom. The average Bonchev–Trinajstić information content (AvgIpc) is 2.46. The first kappa shape index (κ1) is 13.5. The van der Waals surface area contributed by atoms with Crippen LogP contribution in [0, 0.1) is 6.92 Å². The molecule has 0 radical (unpaired) electrons. The molecule has 1 nitrogen and oxygen atoms in total. The summed E-state index contributed by atoms with van der Waals surface area (Å²) in [6.07, 6.45) is 2.41. The van der Waals surface area contributed by atoms with Crippen molar-refractivity contribution in [3.63, 3.8) is 0 Å². The summed E-state index contributed by atoms with van der Waals surface area (Å²) in [7, 11) is 0. The minimum atomic E-state index is 0.228. The van der Waals surface area contributed by atoms with Gasteiger partial charge in [-0.3, -0.25) is 4.79 Å². The first-order chi connectivity index (χ1) is 9.20. The molecule has 2 aromatic rings. The van der Waals surface area contributed by atoms with E-state index >= 15 is 0 Å². The van der Waals surface area contributed by atoms with Gasteiger partial charge in [0.1, 0.15) is 0 Å². The molecule has 0 atom stereocenters. The van der Waals surface area contributed by atoms with E-state index in [1.54, 1.807) is 0 Å². The van der Waals surface area contributed by atoms with Gasteiger partial charge in [-0.05, 0) is 36.5 Å². The van der Waals surface area contributed by atoms with Gasteiger partial charge in [0.15, 0.2) is 5.78 Å². The highest BCUT2D eigenvalue weighted by Crippen LogP contribution is 2.13. The zero-order valence-electron chi connectivity index (χ0n) is 11.6. The zero-order valence-corrected chi connectivity index (χ0v) is 11.6. The summed E-state index contributed by atoms with van der Waals surface area (Å²) in [6, 6.07) is 16.2. The maximum absolute atomic E-state index is 12.1. The summed E-state index contributed by atoms with van der Waals surface area (Å²) >= 11 is 0. The van der Waals surface area contributed by atoms with Gasteiger partial charge in [-0.15, -0.1) is 0 Å². The lowest BCUT2D eigenvalue weighted by Crippen LogP contribution is -2.02. The lowest BCUT2D eigenvalue weighted by atomic mass is 9.99. The molecular weight excluding hydrogens is 232 g/mol. The van der Waals surface area contributed by atoms with Crippen LogP contribution in [-0.2, 0) is 12.8 Å². The molecule has 0 aromatic heterocycles. The summed E-state index contributed by atoms with van der Waals surface area (Å²) in [4.78, 5) is 12.1. The Kier molecular flexibility index (Phi) is 4.51. The summed E-state index contributed by atoms with van der Waals surface area (Å²) < 4.78 is 0. The van der Waals surface area contributed by atoms with Gasteiger partial charge in [0.25, 0.3) is 0 Å². The highest BCUT2D eigenvalue weighted by Gasteiger charge is 2.07. The molecule has 0 fully saturated rings. The van der Waals surface area contributed by atoms with Crippen molar-refractivity contribution < 1.29 is 4.79 Å². The third kappa shape index (κ3) is 3.54. The number of hydrogen-bond donors (Lipinski definition) is 0. The minimum absolute atomic E-state index is 0.228. The normalized spacial score (nSPS) is 10.4. The van der Waals surface area contributed by atoms with E-state index in [-0.39, 0.29) is 5.78 Å². The third-order valence-corrected chi connectivity index (χ3v) is 3.57. The Hall–Kier alpha value is -1.89. The maximum Gasteiger partial charge on any atom is 0.163 e. The van der Waals surface area contributed by atoms with Crippen LogP contribution in [0.1, 0.15) is 40.4 Å². The molecule has 0 saturated heterocycles. The van der Waals surface area contributed by atoms with Crippen LogP contribution in [-0.4, -0.2) is 5.78 Å². The van der Waals surface area contributed by atoms with Crippen LogP contribution in [0.5, 0.6) is 0 Å². The number of hydrogen-bond acceptors (Lipinski definition) is 1. The monoisotopic (exact) mass is 252 g/mol. The van der Waals surface area contributed by atoms with Crippen molar-refractivity contribution in [1.29, 1.82) is 0 Å². The van der Waals surface area contributed by atoms with Crippen molar-refractivity contribution in [2.24, 2.45) is 0 Å². The Labute approximate surface area is 115 Å². The van der Waals surface area contributed by atoms with E-state index in [2.05, 4.69) is 26.0 Å². The quantitative estimate of drug-likeness (QED) is 0.722. The van der Waals surface area contributed by atoms with Crippen LogP contribution < -0.4 is 0 Å². The topological polar surface area (TPSA) is 17.1 Å². The van der Waals surface area contributed by atoms with E-state index in [0.717, 1.165) is 18.4 Å². The van der Waals surface area contributed by atoms with Crippen molar-refractivity contribution in [1.82, 2.24) is 0 Å². The van der Waals surface area contributed by atoms with Crippen molar-refractivity contribution in [3.8, 4) is 0 Å². The van der Waals surface area contributed by atoms with Gasteiger partial charge in [-0.2, -0.15) is 0 Å². The molecule has 0 heterocycles. The molecule has 2 aromatic carbocycles. The van der Waals surface area contributed by atoms with Gasteiger partial charge in [0.05, 0.1) is 0 Å². The highest BCUT2D eigenvalue weighted by molar-refractivity contribution is 5.96. The zero-order chi connectivity index (χ0) is 13.7. The molecular formula is C18H20O. The molecule has 0 bridgehead atoms. The van der Waals surface area contributed by atoms with Crippen molar-refractivity contribution >= 4 is 5.78 Å². The van der Waals surface area contributed by atoms with E-state index in [4.69, 9.17) is 0 Å². The number of carbonyl (C=O) groups is 1. The number of Topliss-reactive ketones (excluding diaryl/α,β-unsaturated/α-hetero) is 1. The Morgan fingerprint density at radius 3 is 2.32 bits per heavy atom. The second-order valence-corrected chi connectivity index (χ2v) is 4.90. The van der Waals surface area contributed by atoms with E-state index < -0.39 is 0 Å². The number of carbonyl (C=O) groups excluding carboxylic acids is 1. The fourth-order valence-electron chi connectivity index (χ4n) is 2.21. The number of rotatable bonds is 5. The van der Waals surface area contributed by atoms with Crippen molar-refractivity contribution in [3.05, 3.63) is 70.8 Å². The van der Waals surface area contributed by atoms with Crippen LogP contribution in [0.4, 0.5) is 0 Å². The van der Waals surface area contributed by atoms with Gasteiger partial charge in [-0.25, -0.2) is 0 Å². The predicted molar refractivity (Wildman–Crippen MR) is 79.7 cm³/mol. The summed E-state index contributed by atoms with van der Waals surface area (Å²) in [5, 5.41) is 0. The standard InChI is InChI=1S/C18H20O/c1-3-15-8-10-17(11-9-15)18(19)13-12-16-7-5-4-6-14(16)2/h4-11H,3,12-13H2,1-2H3. The Bertz CT molecular complexity index is 552. The van der Waals surface area contributed by atoms with Gasteiger partial charge in [0.2, 0.25) is 0 Å². The second kappa shape index (κ2) is 6.33. The van der Waals surface area contributed by atoms with Crippen LogP contribution in [0.25, 0.3) is 0 Å². The largest absolute Gasteiger partial charge is 0.294 e. The Balaban J connectivity index is 1.99. The molecule has 19 heavy (non-hydrogen) atoms. The fourth-order valence-corrected chi connectivity index (χ4v) is 2.21.